The average Bonchev–Trinajstić information content (AvgIpc) is 2.91. The highest BCUT2D eigenvalue weighted by Gasteiger charge is 2.32. The Morgan fingerprint density at radius 3 is 2.33 bits per heavy atom. The van der Waals surface area contributed by atoms with Crippen LogP contribution in [0.1, 0.15) is 30.0 Å². The molecule has 0 aliphatic rings. The van der Waals surface area contributed by atoms with Gasteiger partial charge in [-0.1, -0.05) is 42.5 Å². The van der Waals surface area contributed by atoms with Gasteiger partial charge in [-0.3, -0.25) is 9.36 Å². The summed E-state index contributed by atoms with van der Waals surface area (Å²) in [6.45, 7) is 3.64. The molecule has 9 nitrogen and oxygen atoms in total. The van der Waals surface area contributed by atoms with Crippen LogP contribution in [0.5, 0.6) is 5.88 Å². The third kappa shape index (κ3) is 5.75. The van der Waals surface area contributed by atoms with E-state index in [1.165, 1.54) is 42.0 Å². The van der Waals surface area contributed by atoms with Gasteiger partial charge in [0.1, 0.15) is 12.4 Å². The van der Waals surface area contributed by atoms with Gasteiger partial charge in [0.15, 0.2) is 4.90 Å². The van der Waals surface area contributed by atoms with Crippen molar-refractivity contribution >= 4 is 9.84 Å². The first-order valence-electron chi connectivity index (χ1n) is 12.1. The lowest BCUT2D eigenvalue weighted by Gasteiger charge is -2.25. The highest BCUT2D eigenvalue weighted by atomic mass is 32.2. The Hall–Kier alpha value is -3.93. The lowest BCUT2D eigenvalue weighted by atomic mass is 10.1. The van der Waals surface area contributed by atoms with E-state index in [0.29, 0.717) is 29.0 Å². The fraction of sp³-hybridized carbons (Fsp3) is 0.250. The number of pyridine rings is 1. The van der Waals surface area contributed by atoms with E-state index in [2.05, 4.69) is 9.97 Å². The minimum atomic E-state index is -4.51. The summed E-state index contributed by atoms with van der Waals surface area (Å²) in [4.78, 5) is 19.8. The van der Waals surface area contributed by atoms with Crippen LogP contribution in [0.2, 0.25) is 0 Å². The van der Waals surface area contributed by atoms with Crippen molar-refractivity contribution in [3.05, 3.63) is 100 Å². The second-order valence-electron chi connectivity index (χ2n) is 8.67. The van der Waals surface area contributed by atoms with Crippen LogP contribution < -0.4 is 5.56 Å². The zero-order valence-electron chi connectivity index (χ0n) is 21.7. The number of methoxy groups -OCH3 is 1. The number of hydrogen-bond donors (Lipinski definition) is 1. The molecule has 0 amide bonds. The van der Waals surface area contributed by atoms with Gasteiger partial charge in [0.2, 0.25) is 21.7 Å². The van der Waals surface area contributed by atoms with Crippen molar-refractivity contribution in [2.24, 2.45) is 0 Å². The number of aryl methyl sites for hydroxylation is 1. The molecule has 0 aliphatic heterocycles. The Kier molecular flexibility index (Phi) is 8.54. The number of ether oxygens (including phenoxy) is 2. The Labute approximate surface area is 225 Å². The summed E-state index contributed by atoms with van der Waals surface area (Å²) < 4.78 is 52.9. The van der Waals surface area contributed by atoms with Crippen LogP contribution in [-0.2, 0) is 25.9 Å². The van der Waals surface area contributed by atoms with E-state index in [1.807, 2.05) is 6.07 Å². The molecule has 2 aromatic heterocycles. The molecule has 204 valence electrons. The van der Waals surface area contributed by atoms with Gasteiger partial charge in [0.05, 0.1) is 17.5 Å². The van der Waals surface area contributed by atoms with Gasteiger partial charge < -0.3 is 14.6 Å². The smallest absolute Gasteiger partial charge is 0.296 e. The molecular formula is C28H28FN3O6S. The van der Waals surface area contributed by atoms with Gasteiger partial charge in [-0.15, -0.1) is 0 Å². The molecular weight excluding hydrogens is 525 g/mol. The number of rotatable bonds is 10. The summed E-state index contributed by atoms with van der Waals surface area (Å²) in [7, 11) is -3.03. The second-order valence-corrected chi connectivity index (χ2v) is 10.6. The van der Waals surface area contributed by atoms with Crippen molar-refractivity contribution in [3.63, 3.8) is 0 Å². The number of nitrogens with zero attached hydrogens (tertiary/aromatic N) is 3. The summed E-state index contributed by atoms with van der Waals surface area (Å²) in [6.07, 6.45) is 0. The number of aromatic nitrogens is 3. The molecule has 2 heterocycles. The summed E-state index contributed by atoms with van der Waals surface area (Å²) in [5.74, 6) is -1.33. The first-order chi connectivity index (χ1) is 18.7. The fourth-order valence-corrected chi connectivity index (χ4v) is 5.67. The molecule has 4 aromatic rings. The van der Waals surface area contributed by atoms with Crippen molar-refractivity contribution in [3.8, 4) is 17.0 Å². The predicted molar refractivity (Wildman–Crippen MR) is 142 cm³/mol. The van der Waals surface area contributed by atoms with E-state index in [-0.39, 0.29) is 23.9 Å². The third-order valence-corrected chi connectivity index (χ3v) is 7.97. The Bertz CT molecular complexity index is 1620. The minimum absolute atomic E-state index is 0.0545. The maximum absolute atomic E-state index is 13.7. The minimum Gasteiger partial charge on any atom is -0.493 e. The van der Waals surface area contributed by atoms with Crippen molar-refractivity contribution in [1.82, 2.24) is 14.5 Å². The Morgan fingerprint density at radius 2 is 1.72 bits per heavy atom. The predicted octanol–water partition coefficient (Wildman–Crippen LogP) is 4.06. The van der Waals surface area contributed by atoms with Crippen LogP contribution in [0.4, 0.5) is 4.39 Å². The molecule has 39 heavy (non-hydrogen) atoms. The van der Waals surface area contributed by atoms with E-state index in [4.69, 9.17) is 9.47 Å². The van der Waals surface area contributed by atoms with E-state index in [1.54, 1.807) is 44.2 Å². The van der Waals surface area contributed by atoms with Gasteiger partial charge in [-0.2, -0.15) is 9.37 Å². The molecule has 11 heteroatoms. The second kappa shape index (κ2) is 11.9. The SMILES string of the molecule is CCOCc1nc(=O)c(S(=O)(=O)c2ccc(-c3ccc(F)nc3C)cc2)c(O)n1[C@@H](COC)c1ccccc1. The molecule has 1 N–H and O–H groups in total. The Morgan fingerprint density at radius 1 is 1.03 bits per heavy atom. The first kappa shape index (κ1) is 28.1. The quantitative estimate of drug-likeness (QED) is 0.292. The molecule has 0 saturated carbocycles. The maximum atomic E-state index is 13.7. The highest BCUT2D eigenvalue weighted by Crippen LogP contribution is 2.33. The molecule has 0 unspecified atom stereocenters. The highest BCUT2D eigenvalue weighted by molar-refractivity contribution is 7.91. The van der Waals surface area contributed by atoms with Crippen LogP contribution in [-0.4, -0.2) is 48.4 Å². The first-order valence-corrected chi connectivity index (χ1v) is 13.6. The topological polar surface area (TPSA) is 121 Å². The number of aromatic hydroxyl groups is 1. The maximum Gasteiger partial charge on any atom is 0.296 e. The van der Waals surface area contributed by atoms with Crippen molar-refractivity contribution in [2.45, 2.75) is 36.3 Å². The number of hydrogen-bond acceptors (Lipinski definition) is 8. The van der Waals surface area contributed by atoms with Crippen LogP contribution in [0.15, 0.2) is 81.3 Å². The number of halogens is 1. The lowest BCUT2D eigenvalue weighted by molar-refractivity contribution is 0.114. The zero-order chi connectivity index (χ0) is 28.2. The van der Waals surface area contributed by atoms with Gasteiger partial charge in [0, 0.05) is 25.0 Å². The van der Waals surface area contributed by atoms with E-state index in [0.717, 1.165) is 0 Å². The largest absolute Gasteiger partial charge is 0.493 e. The monoisotopic (exact) mass is 553 g/mol. The molecule has 4 rings (SSSR count). The van der Waals surface area contributed by atoms with Gasteiger partial charge >= 0.3 is 0 Å². The number of benzene rings is 2. The van der Waals surface area contributed by atoms with Crippen LogP contribution in [0.3, 0.4) is 0 Å². The van der Waals surface area contributed by atoms with Crippen LogP contribution >= 0.6 is 0 Å². The van der Waals surface area contributed by atoms with Crippen molar-refractivity contribution in [2.75, 3.05) is 20.3 Å². The van der Waals surface area contributed by atoms with E-state index in [9.17, 15) is 22.7 Å². The van der Waals surface area contributed by atoms with Crippen LogP contribution in [0.25, 0.3) is 11.1 Å². The van der Waals surface area contributed by atoms with Crippen molar-refractivity contribution in [1.29, 1.82) is 0 Å². The van der Waals surface area contributed by atoms with E-state index < -0.39 is 38.2 Å². The zero-order valence-corrected chi connectivity index (χ0v) is 22.5. The number of sulfone groups is 1. The normalized spacial score (nSPS) is 12.4. The van der Waals surface area contributed by atoms with Crippen molar-refractivity contribution < 1.29 is 27.4 Å². The molecule has 0 bridgehead atoms. The molecule has 0 aliphatic carbocycles. The molecule has 0 spiro atoms. The summed E-state index contributed by atoms with van der Waals surface area (Å²) in [6, 6.07) is 16.7. The van der Waals surface area contributed by atoms with Crippen LogP contribution in [0, 0.1) is 12.9 Å². The standard InChI is InChI=1S/C28H28FN3O6S/c1-4-38-17-25-31-27(33)26(28(34)32(25)23(16-37-3)20-8-6-5-7-9-20)39(35,36)21-12-10-19(11-13-21)22-14-15-24(29)30-18(22)2/h5-15,23,34H,4,16-17H2,1-3H3/t23-/m0/s1. The lowest BCUT2D eigenvalue weighted by Crippen LogP contribution is -2.29. The van der Waals surface area contributed by atoms with Gasteiger partial charge in [0.25, 0.3) is 5.56 Å². The van der Waals surface area contributed by atoms with Gasteiger partial charge in [-0.25, -0.2) is 13.4 Å². The molecule has 0 saturated heterocycles. The molecule has 0 radical (unpaired) electrons. The molecule has 2 aromatic carbocycles. The fourth-order valence-electron chi connectivity index (χ4n) is 4.33. The summed E-state index contributed by atoms with van der Waals surface area (Å²) >= 11 is 0. The molecule has 1 atom stereocenters. The van der Waals surface area contributed by atoms with E-state index >= 15 is 0 Å². The summed E-state index contributed by atoms with van der Waals surface area (Å²) in [5.41, 5.74) is 1.26. The van der Waals surface area contributed by atoms with Gasteiger partial charge in [-0.05, 0) is 49.2 Å². The summed E-state index contributed by atoms with van der Waals surface area (Å²) in [5, 5.41) is 11.4. The Balaban J connectivity index is 1.86. The third-order valence-electron chi connectivity index (χ3n) is 6.19. The molecule has 0 fully saturated rings. The average molecular weight is 554 g/mol.